The van der Waals surface area contributed by atoms with Crippen LogP contribution in [0.15, 0.2) is 36.5 Å². The van der Waals surface area contributed by atoms with E-state index in [1.54, 1.807) is 18.3 Å². The molecule has 11 heteroatoms. The maximum atomic E-state index is 12.7. The second-order valence-corrected chi connectivity index (χ2v) is 10.0. The number of sulfonamides is 1. The fourth-order valence-electron chi connectivity index (χ4n) is 3.70. The van der Waals surface area contributed by atoms with Crippen LogP contribution in [-0.2, 0) is 21.2 Å². The first kappa shape index (κ1) is 22.6. The van der Waals surface area contributed by atoms with Crippen LogP contribution in [0.3, 0.4) is 0 Å². The van der Waals surface area contributed by atoms with Gasteiger partial charge in [-0.25, -0.2) is 13.4 Å². The molecule has 32 heavy (non-hydrogen) atoms. The number of pyridine rings is 1. The van der Waals surface area contributed by atoms with Gasteiger partial charge >= 0.3 is 0 Å². The predicted molar refractivity (Wildman–Crippen MR) is 121 cm³/mol. The molecule has 4 rings (SSSR count). The van der Waals surface area contributed by atoms with Crippen LogP contribution in [0.5, 0.6) is 11.5 Å². The molecule has 1 amide bonds. The molecule has 2 aliphatic rings. The van der Waals surface area contributed by atoms with Gasteiger partial charge in [-0.3, -0.25) is 4.79 Å². The molecule has 2 aromatic rings. The van der Waals surface area contributed by atoms with Crippen LogP contribution in [0.4, 0.5) is 5.82 Å². The topological polar surface area (TPSA) is 101 Å². The molecule has 0 radical (unpaired) electrons. The highest BCUT2D eigenvalue weighted by Gasteiger charge is 2.27. The average molecular weight is 481 g/mol. The summed E-state index contributed by atoms with van der Waals surface area (Å²) in [4.78, 5) is 18.7. The van der Waals surface area contributed by atoms with Crippen LogP contribution in [-0.4, -0.2) is 75.3 Å². The summed E-state index contributed by atoms with van der Waals surface area (Å²) in [6.45, 7) is 2.83. The van der Waals surface area contributed by atoms with Crippen molar-refractivity contribution < 1.29 is 22.7 Å². The molecule has 0 unspecified atom stereocenters. The first-order valence-electron chi connectivity index (χ1n) is 10.4. The third-order valence-corrected chi connectivity index (χ3v) is 7.46. The lowest BCUT2D eigenvalue weighted by Crippen LogP contribution is -2.50. The van der Waals surface area contributed by atoms with E-state index in [9.17, 15) is 13.2 Å². The van der Waals surface area contributed by atoms with Crippen molar-refractivity contribution in [3.8, 4) is 11.5 Å². The first-order valence-corrected chi connectivity index (χ1v) is 12.4. The number of nitrogens with zero attached hydrogens (tertiary/aromatic N) is 3. The van der Waals surface area contributed by atoms with Crippen LogP contribution < -0.4 is 19.7 Å². The molecule has 1 N–H and O–H groups in total. The molecule has 9 nitrogen and oxygen atoms in total. The maximum Gasteiger partial charge on any atom is 0.224 e. The van der Waals surface area contributed by atoms with Crippen molar-refractivity contribution in [3.63, 3.8) is 0 Å². The van der Waals surface area contributed by atoms with Crippen LogP contribution in [0, 0.1) is 0 Å². The minimum atomic E-state index is -3.46. The van der Waals surface area contributed by atoms with E-state index in [4.69, 9.17) is 21.1 Å². The van der Waals surface area contributed by atoms with Crippen molar-refractivity contribution in [3.05, 3.63) is 47.1 Å². The molecule has 1 fully saturated rings. The lowest BCUT2D eigenvalue weighted by Gasteiger charge is -2.34. The first-order chi connectivity index (χ1) is 15.4. The van der Waals surface area contributed by atoms with Gasteiger partial charge in [0, 0.05) is 38.9 Å². The van der Waals surface area contributed by atoms with E-state index in [0.29, 0.717) is 61.5 Å². The molecule has 0 bridgehead atoms. The Morgan fingerprint density at radius 1 is 1.12 bits per heavy atom. The molecule has 172 valence electrons. The Hall–Kier alpha value is -2.56. The number of nitrogens with one attached hydrogen (secondary N) is 1. The lowest BCUT2D eigenvalue weighted by atomic mass is 10.1. The zero-order chi connectivity index (χ0) is 22.6. The van der Waals surface area contributed by atoms with Gasteiger partial charge in [-0.05, 0) is 29.8 Å². The number of carbonyl (C=O) groups is 1. The zero-order valence-electron chi connectivity index (χ0n) is 17.5. The number of hydrogen-bond acceptors (Lipinski definition) is 7. The van der Waals surface area contributed by atoms with Gasteiger partial charge in [0.1, 0.15) is 19.0 Å². The summed E-state index contributed by atoms with van der Waals surface area (Å²) >= 11 is 6.20. The summed E-state index contributed by atoms with van der Waals surface area (Å²) in [6.07, 6.45) is 1.79. The summed E-state index contributed by atoms with van der Waals surface area (Å²) in [6, 6.07) is 9.05. The highest BCUT2D eigenvalue weighted by Crippen LogP contribution is 2.38. The number of anilines is 1. The number of carbonyl (C=O) groups excluding carboxylic acids is 1. The van der Waals surface area contributed by atoms with E-state index in [0.717, 1.165) is 5.82 Å². The van der Waals surface area contributed by atoms with Crippen LogP contribution in [0.2, 0.25) is 5.02 Å². The fraction of sp³-hybridized carbons (Fsp3) is 0.429. The Labute approximate surface area is 192 Å². The monoisotopic (exact) mass is 480 g/mol. The molecule has 2 aliphatic heterocycles. The van der Waals surface area contributed by atoms with Crippen molar-refractivity contribution >= 4 is 33.3 Å². The number of hydrogen-bond donors (Lipinski definition) is 1. The van der Waals surface area contributed by atoms with E-state index >= 15 is 0 Å². The van der Waals surface area contributed by atoms with Crippen LogP contribution in [0.25, 0.3) is 0 Å². The number of fused-ring (bicyclic) bond motifs is 1. The Kier molecular flexibility index (Phi) is 7.02. The Balaban J connectivity index is 1.24. The molecule has 0 spiro atoms. The normalized spacial score (nSPS) is 16.6. The molecule has 0 saturated carbocycles. The summed E-state index contributed by atoms with van der Waals surface area (Å²) in [7, 11) is -3.46. The van der Waals surface area contributed by atoms with Gasteiger partial charge in [0.25, 0.3) is 0 Å². The Morgan fingerprint density at radius 3 is 2.66 bits per heavy atom. The van der Waals surface area contributed by atoms with E-state index in [2.05, 4.69) is 15.2 Å². The lowest BCUT2D eigenvalue weighted by molar-refractivity contribution is -0.120. The molecule has 1 aromatic carbocycles. The van der Waals surface area contributed by atoms with Crippen molar-refractivity contribution in [1.82, 2.24) is 14.6 Å². The third-order valence-electron chi connectivity index (χ3n) is 5.31. The molecule has 0 atom stereocenters. The second kappa shape index (κ2) is 9.93. The smallest absolute Gasteiger partial charge is 0.224 e. The summed E-state index contributed by atoms with van der Waals surface area (Å²) < 4.78 is 37.8. The standard InChI is InChI=1S/C21H25ClN4O5S/c22-17-13-16(14-18-21(17)31-11-10-30-18)15-20(27)24-5-12-32(28,29)26-8-6-25(7-9-26)19-3-1-2-4-23-19/h1-4,13-14H,5-12,15H2,(H,24,27). The van der Waals surface area contributed by atoms with Gasteiger partial charge in [-0.15, -0.1) is 0 Å². The largest absolute Gasteiger partial charge is 0.486 e. The molecular formula is C21H25ClN4O5S. The van der Waals surface area contributed by atoms with Crippen molar-refractivity contribution in [2.24, 2.45) is 0 Å². The fourth-order valence-corrected chi connectivity index (χ4v) is 5.32. The molecule has 0 aliphatic carbocycles. The van der Waals surface area contributed by atoms with Crippen LogP contribution >= 0.6 is 11.6 Å². The molecule has 3 heterocycles. The highest BCUT2D eigenvalue weighted by molar-refractivity contribution is 7.89. The summed E-state index contributed by atoms with van der Waals surface area (Å²) in [5.74, 6) is 1.41. The number of aromatic nitrogens is 1. The van der Waals surface area contributed by atoms with Gasteiger partial charge in [-0.2, -0.15) is 4.31 Å². The van der Waals surface area contributed by atoms with E-state index < -0.39 is 10.0 Å². The van der Waals surface area contributed by atoms with Gasteiger partial charge in [-0.1, -0.05) is 17.7 Å². The molecule has 1 saturated heterocycles. The van der Waals surface area contributed by atoms with E-state index in [1.807, 2.05) is 18.2 Å². The summed E-state index contributed by atoms with van der Waals surface area (Å²) in [5.41, 5.74) is 0.672. The number of piperazine rings is 1. The van der Waals surface area contributed by atoms with Gasteiger partial charge < -0.3 is 19.7 Å². The Morgan fingerprint density at radius 2 is 1.91 bits per heavy atom. The van der Waals surface area contributed by atoms with Crippen molar-refractivity contribution in [2.75, 3.05) is 56.6 Å². The maximum absolute atomic E-state index is 12.7. The quantitative estimate of drug-likeness (QED) is 0.637. The minimum absolute atomic E-state index is 0.0416. The van der Waals surface area contributed by atoms with E-state index in [-0.39, 0.29) is 24.6 Å². The Bertz CT molecular complexity index is 1060. The zero-order valence-corrected chi connectivity index (χ0v) is 19.1. The number of amides is 1. The van der Waals surface area contributed by atoms with Gasteiger partial charge in [0.2, 0.25) is 15.9 Å². The molecule has 1 aromatic heterocycles. The second-order valence-electron chi connectivity index (χ2n) is 7.52. The van der Waals surface area contributed by atoms with Gasteiger partial charge in [0.05, 0.1) is 17.2 Å². The number of halogens is 1. The summed E-state index contributed by atoms with van der Waals surface area (Å²) in [5, 5.41) is 3.07. The number of ether oxygens (including phenoxy) is 2. The number of rotatable bonds is 7. The number of benzene rings is 1. The SMILES string of the molecule is O=C(Cc1cc(Cl)c2c(c1)OCCO2)NCCS(=O)(=O)N1CCN(c2ccccn2)CC1. The van der Waals surface area contributed by atoms with E-state index in [1.165, 1.54) is 4.31 Å². The molecular weight excluding hydrogens is 456 g/mol. The van der Waals surface area contributed by atoms with Crippen LogP contribution in [0.1, 0.15) is 5.56 Å². The van der Waals surface area contributed by atoms with Crippen molar-refractivity contribution in [2.45, 2.75) is 6.42 Å². The highest BCUT2D eigenvalue weighted by atomic mass is 35.5. The van der Waals surface area contributed by atoms with Crippen molar-refractivity contribution in [1.29, 1.82) is 0 Å². The predicted octanol–water partition coefficient (Wildman–Crippen LogP) is 1.32. The van der Waals surface area contributed by atoms with Gasteiger partial charge in [0.15, 0.2) is 11.5 Å². The average Bonchev–Trinajstić information content (AvgIpc) is 2.80. The minimum Gasteiger partial charge on any atom is -0.486 e. The third kappa shape index (κ3) is 5.43.